The highest BCUT2D eigenvalue weighted by molar-refractivity contribution is 7.91. The van der Waals surface area contributed by atoms with Crippen molar-refractivity contribution in [3.05, 3.63) is 29.2 Å². The molecule has 0 fully saturated rings. The van der Waals surface area contributed by atoms with Crippen molar-refractivity contribution in [2.45, 2.75) is 24.1 Å². The molecule has 92 valence electrons. The van der Waals surface area contributed by atoms with Gasteiger partial charge in [0.1, 0.15) is 4.21 Å². The lowest BCUT2D eigenvalue weighted by Crippen LogP contribution is -2.26. The first-order valence-corrected chi connectivity index (χ1v) is 7.21. The normalized spacial score (nSPS) is 13.8. The summed E-state index contributed by atoms with van der Waals surface area (Å²) in [5.41, 5.74) is 0. The van der Waals surface area contributed by atoms with Gasteiger partial charge in [-0.1, -0.05) is 11.2 Å². The molecule has 1 N–H and O–H groups in total. The van der Waals surface area contributed by atoms with Crippen molar-refractivity contribution in [2.24, 2.45) is 0 Å². The van der Waals surface area contributed by atoms with Gasteiger partial charge in [-0.05, 0) is 25.3 Å². The zero-order valence-electron chi connectivity index (χ0n) is 9.25. The quantitative estimate of drug-likeness (QED) is 0.912. The molecule has 0 aliphatic heterocycles. The number of thiophene rings is 1. The fourth-order valence-corrected chi connectivity index (χ4v) is 3.45. The van der Waals surface area contributed by atoms with E-state index < -0.39 is 16.1 Å². The summed E-state index contributed by atoms with van der Waals surface area (Å²) in [4.78, 5) is 3.97. The zero-order valence-corrected chi connectivity index (χ0v) is 10.9. The van der Waals surface area contributed by atoms with Gasteiger partial charge in [-0.15, -0.1) is 11.3 Å². The highest BCUT2D eigenvalue weighted by Gasteiger charge is 2.22. The van der Waals surface area contributed by atoms with E-state index in [4.69, 9.17) is 4.52 Å². The summed E-state index contributed by atoms with van der Waals surface area (Å²) in [5, 5.41) is 5.32. The second-order valence-electron chi connectivity index (χ2n) is 3.45. The van der Waals surface area contributed by atoms with Crippen LogP contribution in [0.4, 0.5) is 0 Å². The smallest absolute Gasteiger partial charge is 0.250 e. The minimum Gasteiger partial charge on any atom is -0.338 e. The van der Waals surface area contributed by atoms with Crippen LogP contribution in [0.5, 0.6) is 0 Å². The van der Waals surface area contributed by atoms with Crippen LogP contribution in [0.3, 0.4) is 0 Å². The molecule has 0 aromatic carbocycles. The first-order valence-electron chi connectivity index (χ1n) is 4.85. The van der Waals surface area contributed by atoms with E-state index in [1.54, 1.807) is 31.4 Å². The van der Waals surface area contributed by atoms with Gasteiger partial charge in [-0.3, -0.25) is 0 Å². The number of hydrogen-bond donors (Lipinski definition) is 1. The minimum absolute atomic E-state index is 0.252. The van der Waals surface area contributed by atoms with E-state index in [0.29, 0.717) is 5.82 Å². The molecule has 2 heterocycles. The lowest BCUT2D eigenvalue weighted by atomic mass is 10.4. The summed E-state index contributed by atoms with van der Waals surface area (Å²) < 4.78 is 31.4. The molecular weight excluding hydrogens is 262 g/mol. The Hall–Kier alpha value is -1.25. The minimum atomic E-state index is -3.51. The van der Waals surface area contributed by atoms with E-state index in [0.717, 1.165) is 11.3 Å². The lowest BCUT2D eigenvalue weighted by Gasteiger charge is -2.08. The molecule has 2 aromatic rings. The number of sulfonamides is 1. The second kappa shape index (κ2) is 4.55. The third-order valence-corrected chi connectivity index (χ3v) is 4.94. The van der Waals surface area contributed by atoms with Crippen molar-refractivity contribution in [1.29, 1.82) is 0 Å². The predicted molar refractivity (Wildman–Crippen MR) is 62.1 cm³/mol. The monoisotopic (exact) mass is 273 g/mol. The predicted octanol–water partition coefficient (Wildman–Crippen LogP) is 1.48. The second-order valence-corrected chi connectivity index (χ2v) is 6.34. The Bertz CT molecular complexity index is 589. The molecule has 0 saturated heterocycles. The van der Waals surface area contributed by atoms with Crippen LogP contribution in [-0.2, 0) is 10.0 Å². The number of rotatable bonds is 4. The van der Waals surface area contributed by atoms with E-state index in [2.05, 4.69) is 14.9 Å². The van der Waals surface area contributed by atoms with Gasteiger partial charge in [0.25, 0.3) is 10.0 Å². The molecular formula is C9H11N3O3S2. The molecule has 0 amide bonds. The van der Waals surface area contributed by atoms with Gasteiger partial charge in [0.15, 0.2) is 5.82 Å². The Morgan fingerprint density at radius 2 is 2.29 bits per heavy atom. The van der Waals surface area contributed by atoms with Gasteiger partial charge in [0.05, 0.1) is 6.04 Å². The molecule has 0 aliphatic carbocycles. The van der Waals surface area contributed by atoms with Gasteiger partial charge < -0.3 is 4.52 Å². The maximum Gasteiger partial charge on any atom is 0.250 e. The van der Waals surface area contributed by atoms with Crippen LogP contribution < -0.4 is 4.72 Å². The third-order valence-electron chi connectivity index (χ3n) is 2.01. The van der Waals surface area contributed by atoms with Crippen LogP contribution >= 0.6 is 11.3 Å². The van der Waals surface area contributed by atoms with Crippen LogP contribution in [0.1, 0.15) is 24.7 Å². The maximum atomic E-state index is 11.9. The van der Waals surface area contributed by atoms with E-state index in [1.807, 2.05) is 0 Å². The van der Waals surface area contributed by atoms with Crippen LogP contribution in [0.15, 0.2) is 26.2 Å². The number of hydrogen-bond acceptors (Lipinski definition) is 6. The van der Waals surface area contributed by atoms with E-state index in [1.165, 1.54) is 0 Å². The zero-order chi connectivity index (χ0) is 12.5. The first kappa shape index (κ1) is 12.2. The molecule has 1 unspecified atom stereocenters. The molecule has 0 spiro atoms. The average molecular weight is 273 g/mol. The van der Waals surface area contributed by atoms with E-state index in [9.17, 15) is 8.42 Å². The Balaban J connectivity index is 2.17. The van der Waals surface area contributed by atoms with Crippen LogP contribution in [0.2, 0.25) is 0 Å². The fourth-order valence-electron chi connectivity index (χ4n) is 1.25. The Morgan fingerprint density at radius 1 is 1.53 bits per heavy atom. The van der Waals surface area contributed by atoms with Gasteiger partial charge in [-0.25, -0.2) is 8.42 Å². The van der Waals surface area contributed by atoms with E-state index >= 15 is 0 Å². The molecule has 8 heteroatoms. The Labute approximate surface area is 103 Å². The Morgan fingerprint density at radius 3 is 2.82 bits per heavy atom. The van der Waals surface area contributed by atoms with Crippen molar-refractivity contribution in [2.75, 3.05) is 0 Å². The maximum absolute atomic E-state index is 11.9. The summed E-state index contributed by atoms with van der Waals surface area (Å²) in [7, 11) is -3.51. The van der Waals surface area contributed by atoms with Crippen molar-refractivity contribution in [3.63, 3.8) is 0 Å². The van der Waals surface area contributed by atoms with Crippen LogP contribution in [0.25, 0.3) is 0 Å². The molecule has 0 aliphatic rings. The summed E-state index contributed by atoms with van der Waals surface area (Å²) in [6.07, 6.45) is 0. The van der Waals surface area contributed by atoms with Crippen LogP contribution in [-0.4, -0.2) is 18.6 Å². The van der Waals surface area contributed by atoms with Crippen LogP contribution in [0, 0.1) is 6.92 Å². The van der Waals surface area contributed by atoms with E-state index in [-0.39, 0.29) is 10.1 Å². The van der Waals surface area contributed by atoms with Gasteiger partial charge >= 0.3 is 0 Å². The molecule has 2 aromatic heterocycles. The van der Waals surface area contributed by atoms with Crippen molar-refractivity contribution >= 4 is 21.4 Å². The number of aryl methyl sites for hydroxylation is 1. The Kier molecular flexibility index (Phi) is 3.27. The first-order chi connectivity index (χ1) is 7.99. The molecule has 2 rings (SSSR count). The lowest BCUT2D eigenvalue weighted by molar-refractivity contribution is 0.351. The topological polar surface area (TPSA) is 85.1 Å². The van der Waals surface area contributed by atoms with Crippen molar-refractivity contribution in [1.82, 2.24) is 14.9 Å². The summed E-state index contributed by atoms with van der Waals surface area (Å²) in [5.74, 6) is 0.727. The highest BCUT2D eigenvalue weighted by Crippen LogP contribution is 2.19. The SMILES string of the molecule is Cc1noc(C(C)NS(=O)(=O)c2cccs2)n1. The molecule has 1 atom stereocenters. The average Bonchev–Trinajstić information content (AvgIpc) is 2.86. The highest BCUT2D eigenvalue weighted by atomic mass is 32.2. The molecule has 0 radical (unpaired) electrons. The van der Waals surface area contributed by atoms with Gasteiger partial charge in [-0.2, -0.15) is 9.71 Å². The summed E-state index contributed by atoms with van der Waals surface area (Å²) in [6, 6.07) is 2.67. The van der Waals surface area contributed by atoms with Crippen molar-refractivity contribution < 1.29 is 12.9 Å². The molecule has 17 heavy (non-hydrogen) atoms. The number of nitrogens with zero attached hydrogens (tertiary/aromatic N) is 2. The third kappa shape index (κ3) is 2.71. The van der Waals surface area contributed by atoms with Crippen molar-refractivity contribution in [3.8, 4) is 0 Å². The number of aromatic nitrogens is 2. The van der Waals surface area contributed by atoms with Gasteiger partial charge in [0.2, 0.25) is 5.89 Å². The summed E-state index contributed by atoms with van der Waals surface area (Å²) >= 11 is 1.16. The summed E-state index contributed by atoms with van der Waals surface area (Å²) in [6.45, 7) is 3.32. The number of nitrogens with one attached hydrogen (secondary N) is 1. The molecule has 0 saturated carbocycles. The fraction of sp³-hybridized carbons (Fsp3) is 0.333. The van der Waals surface area contributed by atoms with Gasteiger partial charge in [0, 0.05) is 0 Å². The standard InChI is InChI=1S/C9H11N3O3S2/c1-6(9-10-7(2)11-15-9)12-17(13,14)8-4-3-5-16-8/h3-6,12H,1-2H3. The largest absolute Gasteiger partial charge is 0.338 e. The molecule has 6 nitrogen and oxygen atoms in total. The molecule has 0 bridgehead atoms.